The molecule has 0 spiro atoms. The van der Waals surface area contributed by atoms with Crippen molar-refractivity contribution >= 4 is 56.7 Å². The number of hydrogen-bond donors (Lipinski definition) is 0. The molecule has 0 saturated carbocycles. The summed E-state index contributed by atoms with van der Waals surface area (Å²) < 4.78 is 6.57. The van der Waals surface area contributed by atoms with Gasteiger partial charge in [0.25, 0.3) is 5.91 Å². The maximum atomic E-state index is 14.5. The Morgan fingerprint density at radius 2 is 1.64 bits per heavy atom. The predicted octanol–water partition coefficient (Wildman–Crippen LogP) is 9.17. The first kappa shape index (κ1) is 31.5. The number of rotatable bonds is 3. The first-order valence-corrected chi connectivity index (χ1v) is 15.8. The van der Waals surface area contributed by atoms with Gasteiger partial charge in [-0.3, -0.25) is 4.79 Å². The zero-order chi connectivity index (χ0) is 31.8. The molecule has 0 aliphatic carbocycles. The molecule has 44 heavy (non-hydrogen) atoms. The fourth-order valence-corrected chi connectivity index (χ4v) is 5.71. The number of anilines is 1. The number of ether oxygens (including phenoxy) is 1. The van der Waals surface area contributed by atoms with Crippen molar-refractivity contribution in [3.63, 3.8) is 0 Å². The number of pyridine rings is 1. The highest BCUT2D eigenvalue weighted by atomic mass is 79.9. The molecule has 0 unspecified atom stereocenters. The van der Waals surface area contributed by atoms with Crippen LogP contribution in [-0.4, -0.2) is 40.6 Å². The minimum Gasteiger partial charge on any atom is -0.444 e. The van der Waals surface area contributed by atoms with Crippen LogP contribution in [-0.2, 0) is 16.7 Å². The van der Waals surface area contributed by atoms with E-state index >= 15 is 0 Å². The summed E-state index contributed by atoms with van der Waals surface area (Å²) in [6, 6.07) is 22.1. The number of carbonyl (C=O) groups excluding carboxylic acids is 2. The number of amides is 2. The van der Waals surface area contributed by atoms with Crippen molar-refractivity contribution < 1.29 is 14.3 Å². The zero-order valence-electron chi connectivity index (χ0n) is 26.6. The molecular formula is C37H40BrN3O3. The third-order valence-corrected chi connectivity index (χ3v) is 8.25. The summed E-state index contributed by atoms with van der Waals surface area (Å²) in [6.45, 7) is 15.2. The van der Waals surface area contributed by atoms with Gasteiger partial charge in [0.2, 0.25) is 0 Å². The molecule has 3 aromatic carbocycles. The van der Waals surface area contributed by atoms with Crippen LogP contribution >= 0.6 is 15.9 Å². The Kier molecular flexibility index (Phi) is 8.72. The molecule has 2 amide bonds. The molecule has 6 nitrogen and oxygen atoms in total. The van der Waals surface area contributed by atoms with Crippen LogP contribution in [0.25, 0.3) is 23.1 Å². The molecule has 1 aliphatic heterocycles. The van der Waals surface area contributed by atoms with Crippen molar-refractivity contribution in [1.82, 2.24) is 9.88 Å². The highest BCUT2D eigenvalue weighted by Gasteiger charge is 2.31. The second-order valence-corrected chi connectivity index (χ2v) is 14.3. The molecule has 1 aliphatic rings. The zero-order valence-corrected chi connectivity index (χ0v) is 28.2. The normalized spacial score (nSPS) is 14.1. The van der Waals surface area contributed by atoms with Crippen LogP contribution in [0.5, 0.6) is 0 Å². The van der Waals surface area contributed by atoms with E-state index < -0.39 is 5.60 Å². The molecule has 4 aromatic rings. The second-order valence-electron chi connectivity index (χ2n) is 13.4. The van der Waals surface area contributed by atoms with Crippen LogP contribution in [0.1, 0.15) is 79.8 Å². The van der Waals surface area contributed by atoms with Crippen LogP contribution in [0.4, 0.5) is 10.5 Å². The summed E-state index contributed by atoms with van der Waals surface area (Å²) in [6.07, 6.45) is 3.59. The summed E-state index contributed by atoms with van der Waals surface area (Å²) in [7, 11) is 0. The minimum absolute atomic E-state index is 0.0834. The second kappa shape index (κ2) is 12.2. The molecule has 0 N–H and O–H groups in total. The van der Waals surface area contributed by atoms with Crippen LogP contribution in [0.3, 0.4) is 0 Å². The quantitative estimate of drug-likeness (QED) is 0.221. The molecular weight excluding hydrogens is 614 g/mol. The van der Waals surface area contributed by atoms with E-state index in [1.54, 1.807) is 9.80 Å². The van der Waals surface area contributed by atoms with Gasteiger partial charge in [-0.2, -0.15) is 0 Å². The number of aryl methyl sites for hydroxylation is 1. The lowest BCUT2D eigenvalue weighted by atomic mass is 9.87. The number of fused-ring (bicyclic) bond motifs is 2. The summed E-state index contributed by atoms with van der Waals surface area (Å²) in [5, 5.41) is 0.763. The first-order valence-electron chi connectivity index (χ1n) is 15.0. The average Bonchev–Trinajstić information content (AvgIpc) is 3.15. The number of hydrogen-bond acceptors (Lipinski definition) is 4. The van der Waals surface area contributed by atoms with Crippen LogP contribution < -0.4 is 4.90 Å². The molecule has 0 bridgehead atoms. The van der Waals surface area contributed by atoms with Gasteiger partial charge in [-0.05, 0) is 91.8 Å². The lowest BCUT2D eigenvalue weighted by Crippen LogP contribution is -2.40. The molecule has 0 fully saturated rings. The van der Waals surface area contributed by atoms with Crippen LogP contribution in [0, 0.1) is 6.92 Å². The van der Waals surface area contributed by atoms with E-state index in [0.29, 0.717) is 30.9 Å². The van der Waals surface area contributed by atoms with Gasteiger partial charge >= 0.3 is 6.09 Å². The monoisotopic (exact) mass is 653 g/mol. The Balaban J connectivity index is 1.53. The third kappa shape index (κ3) is 7.05. The maximum absolute atomic E-state index is 14.5. The van der Waals surface area contributed by atoms with Gasteiger partial charge in [0, 0.05) is 28.6 Å². The first-order chi connectivity index (χ1) is 20.7. The molecule has 0 radical (unpaired) electrons. The number of benzene rings is 3. The molecule has 0 saturated heterocycles. The van der Waals surface area contributed by atoms with Gasteiger partial charge in [-0.15, -0.1) is 0 Å². The predicted molar refractivity (Wildman–Crippen MR) is 183 cm³/mol. The van der Waals surface area contributed by atoms with Crippen molar-refractivity contribution in [3.05, 3.63) is 105 Å². The summed E-state index contributed by atoms with van der Waals surface area (Å²) in [5.74, 6) is -0.141. The minimum atomic E-state index is -0.616. The van der Waals surface area contributed by atoms with E-state index in [0.717, 1.165) is 37.8 Å². The van der Waals surface area contributed by atoms with Crippen LogP contribution in [0.15, 0.2) is 71.2 Å². The Morgan fingerprint density at radius 3 is 2.32 bits per heavy atom. The van der Waals surface area contributed by atoms with Gasteiger partial charge < -0.3 is 14.5 Å². The molecule has 5 rings (SSSR count). The summed E-state index contributed by atoms with van der Waals surface area (Å²) in [4.78, 5) is 36.0. The van der Waals surface area contributed by atoms with Crippen molar-refractivity contribution in [2.75, 3.05) is 18.0 Å². The van der Waals surface area contributed by atoms with E-state index in [1.165, 1.54) is 5.56 Å². The highest BCUT2D eigenvalue weighted by molar-refractivity contribution is 9.10. The maximum Gasteiger partial charge on any atom is 0.410 e. The van der Waals surface area contributed by atoms with E-state index in [4.69, 9.17) is 9.72 Å². The standard InChI is InChI=1S/C37H40BrN3O3/c1-24-9-8-10-33-31(24)23-40(35(43)44-37(5,6)7)19-20-41(33)34(42)30-22-28(39-32-18-16-27(38)21-29(30)32)17-13-25-11-14-26(15-12-25)36(2,3)4/h8-18,21-22H,19-20,23H2,1-7H3/b17-13+. The number of aromatic nitrogens is 1. The fourth-order valence-electron chi connectivity index (χ4n) is 5.35. The Morgan fingerprint density at radius 1 is 0.909 bits per heavy atom. The van der Waals surface area contributed by atoms with E-state index in [2.05, 4.69) is 61.0 Å². The van der Waals surface area contributed by atoms with E-state index in [9.17, 15) is 9.59 Å². The smallest absolute Gasteiger partial charge is 0.410 e. The van der Waals surface area contributed by atoms with Gasteiger partial charge in [-0.25, -0.2) is 9.78 Å². The number of carbonyl (C=O) groups is 2. The van der Waals surface area contributed by atoms with Gasteiger partial charge in [-0.1, -0.05) is 79.2 Å². The Labute approximate surface area is 268 Å². The van der Waals surface area contributed by atoms with E-state index in [1.807, 2.05) is 82.3 Å². The van der Waals surface area contributed by atoms with Crippen molar-refractivity contribution in [2.24, 2.45) is 0 Å². The van der Waals surface area contributed by atoms with Crippen molar-refractivity contribution in [1.29, 1.82) is 0 Å². The molecule has 2 heterocycles. The molecule has 0 atom stereocenters. The van der Waals surface area contributed by atoms with Crippen LogP contribution in [0.2, 0.25) is 0 Å². The SMILES string of the molecule is Cc1cccc2c1CN(C(=O)OC(C)(C)C)CCN2C(=O)c1cc(/C=C/c2ccc(C(C)(C)C)cc2)nc2ccc(Br)cc12. The van der Waals surface area contributed by atoms with Gasteiger partial charge in [0.05, 0.1) is 23.3 Å². The van der Waals surface area contributed by atoms with Crippen molar-refractivity contribution in [3.8, 4) is 0 Å². The Bertz CT molecular complexity index is 1750. The summed E-state index contributed by atoms with van der Waals surface area (Å²) in [5.41, 5.74) is 6.53. The van der Waals surface area contributed by atoms with Gasteiger partial charge in [0.1, 0.15) is 5.60 Å². The topological polar surface area (TPSA) is 62.7 Å². The molecule has 1 aromatic heterocycles. The molecule has 7 heteroatoms. The summed E-state index contributed by atoms with van der Waals surface area (Å²) >= 11 is 3.58. The average molecular weight is 655 g/mol. The Hall–Kier alpha value is -3.97. The highest BCUT2D eigenvalue weighted by Crippen LogP contribution is 2.32. The van der Waals surface area contributed by atoms with Crippen molar-refractivity contribution in [2.45, 2.75) is 66.0 Å². The molecule has 228 valence electrons. The number of nitrogens with zero attached hydrogens (tertiary/aromatic N) is 3. The number of halogens is 1. The largest absolute Gasteiger partial charge is 0.444 e. The van der Waals surface area contributed by atoms with Gasteiger partial charge in [0.15, 0.2) is 0 Å². The third-order valence-electron chi connectivity index (χ3n) is 7.76. The van der Waals surface area contributed by atoms with E-state index in [-0.39, 0.29) is 17.4 Å². The lowest BCUT2D eigenvalue weighted by Gasteiger charge is -2.26. The fraction of sp³-hybridized carbons (Fsp3) is 0.324. The lowest BCUT2D eigenvalue weighted by molar-refractivity contribution is 0.0242.